The van der Waals surface area contributed by atoms with Crippen LogP contribution in [0.3, 0.4) is 0 Å². The van der Waals surface area contributed by atoms with Crippen LogP contribution in [-0.2, 0) is 0 Å². The van der Waals surface area contributed by atoms with Gasteiger partial charge in [-0.1, -0.05) is 17.7 Å². The molecule has 2 N–H and O–H groups in total. The van der Waals surface area contributed by atoms with E-state index in [0.717, 1.165) is 11.6 Å². The Hall–Kier alpha value is -0.730. The molecule has 1 aromatic carbocycles. The zero-order chi connectivity index (χ0) is 11.0. The summed E-state index contributed by atoms with van der Waals surface area (Å²) in [6.45, 7) is 6.06. The van der Waals surface area contributed by atoms with Crippen LogP contribution in [0.2, 0.25) is 5.02 Å². The van der Waals surface area contributed by atoms with Crippen LogP contribution >= 0.6 is 11.6 Å². The van der Waals surface area contributed by atoms with E-state index < -0.39 is 0 Å². The lowest BCUT2D eigenvalue weighted by Crippen LogP contribution is -2.30. The number of hydrogen-bond donors (Lipinski definition) is 1. The predicted octanol–water partition coefficient (Wildman–Crippen LogP) is 2.61. The van der Waals surface area contributed by atoms with Gasteiger partial charge in [0.05, 0.1) is 0 Å². The van der Waals surface area contributed by atoms with Gasteiger partial charge in [0, 0.05) is 41.3 Å². The molecule has 0 amide bonds. The number of nitrogens with zero attached hydrogens (tertiary/aromatic N) is 1. The molecule has 0 spiro atoms. The van der Waals surface area contributed by atoms with Crippen LogP contribution in [0.1, 0.15) is 25.3 Å². The van der Waals surface area contributed by atoms with Crippen LogP contribution < -0.4 is 10.6 Å². The van der Waals surface area contributed by atoms with Crippen LogP contribution in [0.25, 0.3) is 0 Å². The maximum absolute atomic E-state index is 6.23. The van der Waals surface area contributed by atoms with E-state index in [9.17, 15) is 0 Å². The monoisotopic (exact) mass is 224 g/mol. The van der Waals surface area contributed by atoms with Crippen molar-refractivity contribution in [3.8, 4) is 0 Å². The lowest BCUT2D eigenvalue weighted by Gasteiger charge is -2.24. The first-order chi connectivity index (χ1) is 7.15. The van der Waals surface area contributed by atoms with Crippen molar-refractivity contribution in [1.29, 1.82) is 0 Å². The van der Waals surface area contributed by atoms with Crippen LogP contribution in [-0.4, -0.2) is 19.1 Å². The summed E-state index contributed by atoms with van der Waals surface area (Å²) in [7, 11) is 0. The van der Waals surface area contributed by atoms with Crippen LogP contribution in [0.4, 0.5) is 5.69 Å². The smallest absolute Gasteiger partial charge is 0.0462 e. The first kappa shape index (κ1) is 10.8. The van der Waals surface area contributed by atoms with E-state index in [2.05, 4.69) is 24.8 Å². The van der Waals surface area contributed by atoms with Gasteiger partial charge in [0.2, 0.25) is 0 Å². The molecule has 0 aromatic heterocycles. The Labute approximate surface area is 96.0 Å². The summed E-state index contributed by atoms with van der Waals surface area (Å²) in [5, 5.41) is 0.853. The number of rotatable bonds is 2. The van der Waals surface area contributed by atoms with Crippen molar-refractivity contribution in [1.82, 2.24) is 0 Å². The zero-order valence-electron chi connectivity index (χ0n) is 9.20. The van der Waals surface area contributed by atoms with Crippen molar-refractivity contribution < 1.29 is 0 Å². The maximum atomic E-state index is 6.23. The quantitative estimate of drug-likeness (QED) is 0.837. The van der Waals surface area contributed by atoms with E-state index in [1.165, 1.54) is 11.3 Å². The third-order valence-electron chi connectivity index (χ3n) is 3.07. The second kappa shape index (κ2) is 4.03. The van der Waals surface area contributed by atoms with Gasteiger partial charge in [-0.25, -0.2) is 0 Å². The van der Waals surface area contributed by atoms with Gasteiger partial charge in [0.15, 0.2) is 0 Å². The molecule has 0 saturated carbocycles. The minimum atomic E-state index is 0.385. The second-order valence-electron chi connectivity index (χ2n) is 4.35. The SMILES string of the molecule is CC(C)N1CC(CN)c2c(Cl)cccc21. The van der Waals surface area contributed by atoms with Crippen LogP contribution in [0, 0.1) is 0 Å². The first-order valence-electron chi connectivity index (χ1n) is 5.40. The average Bonchev–Trinajstić information content (AvgIpc) is 2.58. The summed E-state index contributed by atoms with van der Waals surface area (Å²) in [5.41, 5.74) is 8.28. The molecule has 0 saturated heterocycles. The molecule has 1 aliphatic heterocycles. The summed E-state index contributed by atoms with van der Waals surface area (Å²) >= 11 is 6.23. The Bertz CT molecular complexity index is 363. The zero-order valence-corrected chi connectivity index (χ0v) is 9.96. The molecule has 0 radical (unpaired) electrons. The van der Waals surface area contributed by atoms with Gasteiger partial charge in [0.1, 0.15) is 0 Å². The predicted molar refractivity (Wildman–Crippen MR) is 65.7 cm³/mol. The first-order valence-corrected chi connectivity index (χ1v) is 5.78. The highest BCUT2D eigenvalue weighted by atomic mass is 35.5. The maximum Gasteiger partial charge on any atom is 0.0462 e. The fraction of sp³-hybridized carbons (Fsp3) is 0.500. The van der Waals surface area contributed by atoms with Crippen LogP contribution in [0.15, 0.2) is 18.2 Å². The molecule has 0 fully saturated rings. The number of hydrogen-bond acceptors (Lipinski definition) is 2. The molecule has 82 valence electrons. The second-order valence-corrected chi connectivity index (χ2v) is 4.76. The summed E-state index contributed by atoms with van der Waals surface area (Å²) in [4.78, 5) is 2.37. The van der Waals surface area contributed by atoms with Gasteiger partial charge in [-0.3, -0.25) is 0 Å². The molecular weight excluding hydrogens is 208 g/mol. The Kier molecular flexibility index (Phi) is 2.89. The molecule has 1 aromatic rings. The summed E-state index contributed by atoms with van der Waals surface area (Å²) in [5.74, 6) is 0.385. The Morgan fingerprint density at radius 3 is 2.87 bits per heavy atom. The summed E-state index contributed by atoms with van der Waals surface area (Å²) < 4.78 is 0. The van der Waals surface area contributed by atoms with Crippen molar-refractivity contribution in [2.45, 2.75) is 25.8 Å². The van der Waals surface area contributed by atoms with Gasteiger partial charge < -0.3 is 10.6 Å². The van der Waals surface area contributed by atoms with Crippen molar-refractivity contribution in [2.24, 2.45) is 5.73 Å². The van der Waals surface area contributed by atoms with E-state index in [1.807, 2.05) is 12.1 Å². The molecule has 2 rings (SSSR count). The van der Waals surface area contributed by atoms with E-state index in [4.69, 9.17) is 17.3 Å². The van der Waals surface area contributed by atoms with E-state index in [1.54, 1.807) is 0 Å². The summed E-state index contributed by atoms with van der Waals surface area (Å²) in [6.07, 6.45) is 0. The fourth-order valence-corrected chi connectivity index (χ4v) is 2.61. The Morgan fingerprint density at radius 1 is 1.53 bits per heavy atom. The topological polar surface area (TPSA) is 29.3 Å². The van der Waals surface area contributed by atoms with Crippen molar-refractivity contribution in [3.63, 3.8) is 0 Å². The van der Waals surface area contributed by atoms with Crippen molar-refractivity contribution >= 4 is 17.3 Å². The van der Waals surface area contributed by atoms with E-state index in [-0.39, 0.29) is 0 Å². The molecule has 0 aliphatic carbocycles. The highest BCUT2D eigenvalue weighted by Gasteiger charge is 2.30. The highest BCUT2D eigenvalue weighted by molar-refractivity contribution is 6.32. The lowest BCUT2D eigenvalue weighted by molar-refractivity contribution is 0.647. The standard InChI is InChI=1S/C12H17ClN2/c1-8(2)15-7-9(6-14)12-10(13)4-3-5-11(12)15/h3-5,8-9H,6-7,14H2,1-2H3. The molecule has 3 heteroatoms. The van der Waals surface area contributed by atoms with Crippen molar-refractivity contribution in [2.75, 3.05) is 18.0 Å². The minimum absolute atomic E-state index is 0.385. The molecule has 1 atom stereocenters. The normalized spacial score (nSPS) is 19.8. The van der Waals surface area contributed by atoms with E-state index in [0.29, 0.717) is 18.5 Å². The Morgan fingerprint density at radius 2 is 2.27 bits per heavy atom. The Balaban J connectivity index is 2.47. The fourth-order valence-electron chi connectivity index (χ4n) is 2.29. The third-order valence-corrected chi connectivity index (χ3v) is 3.40. The molecule has 1 unspecified atom stereocenters. The van der Waals surface area contributed by atoms with Gasteiger partial charge in [-0.05, 0) is 26.0 Å². The number of anilines is 1. The molecule has 1 aliphatic rings. The highest BCUT2D eigenvalue weighted by Crippen LogP contribution is 2.40. The molecular formula is C12H17ClN2. The number of benzene rings is 1. The number of nitrogens with two attached hydrogens (primary N) is 1. The number of fused-ring (bicyclic) bond motifs is 1. The van der Waals surface area contributed by atoms with E-state index >= 15 is 0 Å². The number of halogens is 1. The minimum Gasteiger partial charge on any atom is -0.368 e. The van der Waals surface area contributed by atoms with Gasteiger partial charge in [0.25, 0.3) is 0 Å². The largest absolute Gasteiger partial charge is 0.368 e. The molecule has 0 bridgehead atoms. The molecule has 15 heavy (non-hydrogen) atoms. The van der Waals surface area contributed by atoms with Gasteiger partial charge in [-0.15, -0.1) is 0 Å². The van der Waals surface area contributed by atoms with Gasteiger partial charge in [-0.2, -0.15) is 0 Å². The van der Waals surface area contributed by atoms with Crippen molar-refractivity contribution in [3.05, 3.63) is 28.8 Å². The third kappa shape index (κ3) is 1.72. The lowest BCUT2D eigenvalue weighted by atomic mass is 10.0. The average molecular weight is 225 g/mol. The van der Waals surface area contributed by atoms with Gasteiger partial charge >= 0.3 is 0 Å². The molecule has 2 nitrogen and oxygen atoms in total. The summed E-state index contributed by atoms with van der Waals surface area (Å²) in [6, 6.07) is 6.60. The molecule has 1 heterocycles. The van der Waals surface area contributed by atoms with Crippen LogP contribution in [0.5, 0.6) is 0 Å².